The second kappa shape index (κ2) is 8.51. The van der Waals surface area contributed by atoms with E-state index in [2.05, 4.69) is 10.6 Å². The van der Waals surface area contributed by atoms with E-state index in [1.54, 1.807) is 31.2 Å². The number of nitrogens with one attached hydrogen (secondary N) is 2. The average Bonchev–Trinajstić information content (AvgIpc) is 3.49. The molecule has 2 N–H and O–H groups in total. The topological polar surface area (TPSA) is 144 Å². The van der Waals surface area contributed by atoms with E-state index in [1.807, 2.05) is 6.92 Å². The molecule has 2 aliphatic heterocycles. The number of rotatable bonds is 6. The van der Waals surface area contributed by atoms with Crippen LogP contribution in [0.2, 0.25) is 0 Å². The predicted octanol–water partition coefficient (Wildman–Crippen LogP) is 1.70. The summed E-state index contributed by atoms with van der Waals surface area (Å²) in [5, 5.41) is 4.85. The fourth-order valence-electron chi connectivity index (χ4n) is 5.12. The lowest BCUT2D eigenvalue weighted by Crippen LogP contribution is -2.52. The summed E-state index contributed by atoms with van der Waals surface area (Å²) in [4.78, 5) is 65.4. The van der Waals surface area contributed by atoms with E-state index in [1.165, 1.54) is 12.0 Å². The van der Waals surface area contributed by atoms with Gasteiger partial charge in [0.15, 0.2) is 17.2 Å². The molecule has 1 aliphatic carbocycles. The number of imide groups is 1. The van der Waals surface area contributed by atoms with Crippen LogP contribution in [0.4, 0.5) is 4.79 Å². The average molecular weight is 495 g/mol. The van der Waals surface area contributed by atoms with Gasteiger partial charge in [0, 0.05) is 18.5 Å². The number of benzene rings is 1. The maximum absolute atomic E-state index is 13.2. The van der Waals surface area contributed by atoms with E-state index in [0.717, 1.165) is 5.56 Å². The van der Waals surface area contributed by atoms with Crippen molar-refractivity contribution in [3.8, 4) is 5.75 Å². The minimum absolute atomic E-state index is 0.0352. The smallest absolute Gasteiger partial charge is 0.324 e. The van der Waals surface area contributed by atoms with Gasteiger partial charge in [0.05, 0.1) is 20.3 Å². The Hall–Kier alpha value is -4.15. The van der Waals surface area contributed by atoms with Gasteiger partial charge >= 0.3 is 12.0 Å². The lowest BCUT2D eigenvalue weighted by molar-refractivity contribution is -0.148. The molecule has 188 valence electrons. The Balaban J connectivity index is 1.55. The normalized spacial score (nSPS) is 24.8. The number of hydrogen-bond donors (Lipinski definition) is 2. The first-order valence-electron chi connectivity index (χ1n) is 11.6. The Labute approximate surface area is 206 Å². The first-order chi connectivity index (χ1) is 17.2. The highest BCUT2D eigenvalue weighted by Crippen LogP contribution is 2.42. The zero-order valence-electron chi connectivity index (χ0n) is 20.0. The number of Topliss-reactive ketones (excluding diaryl/α,β-unsaturated/α-hetero) is 1. The van der Waals surface area contributed by atoms with Crippen molar-refractivity contribution in [3.63, 3.8) is 0 Å². The number of carbonyl (C=O) groups is 5. The number of urea groups is 1. The summed E-state index contributed by atoms with van der Waals surface area (Å²) >= 11 is 0. The molecule has 0 saturated carbocycles. The highest BCUT2D eigenvalue weighted by Gasteiger charge is 2.54. The summed E-state index contributed by atoms with van der Waals surface area (Å²) in [6.07, 6.45) is 0.1000. The molecule has 1 aromatic carbocycles. The van der Waals surface area contributed by atoms with E-state index >= 15 is 0 Å². The van der Waals surface area contributed by atoms with Gasteiger partial charge in [-0.2, -0.15) is 0 Å². The zero-order valence-corrected chi connectivity index (χ0v) is 20.0. The number of ether oxygens (including phenoxy) is 2. The van der Waals surface area contributed by atoms with E-state index in [-0.39, 0.29) is 55.2 Å². The molecule has 3 aliphatic rings. The van der Waals surface area contributed by atoms with Crippen molar-refractivity contribution in [2.45, 2.75) is 44.2 Å². The fraction of sp³-hybridized carbons (Fsp3) is 0.400. The zero-order chi connectivity index (χ0) is 25.8. The van der Waals surface area contributed by atoms with Gasteiger partial charge in [0.2, 0.25) is 0 Å². The third-order valence-corrected chi connectivity index (χ3v) is 6.92. The van der Waals surface area contributed by atoms with Crippen LogP contribution in [0.3, 0.4) is 0 Å². The van der Waals surface area contributed by atoms with Crippen molar-refractivity contribution in [1.29, 1.82) is 0 Å². The second-order valence-corrected chi connectivity index (χ2v) is 9.18. The lowest BCUT2D eigenvalue weighted by Gasteiger charge is -2.29. The van der Waals surface area contributed by atoms with Crippen LogP contribution in [0.5, 0.6) is 5.75 Å². The van der Waals surface area contributed by atoms with Gasteiger partial charge in [-0.15, -0.1) is 0 Å². The van der Waals surface area contributed by atoms with Crippen LogP contribution < -0.4 is 15.4 Å². The number of hydrogen-bond acceptors (Lipinski definition) is 8. The maximum atomic E-state index is 13.2. The third kappa shape index (κ3) is 3.53. The van der Waals surface area contributed by atoms with Crippen LogP contribution in [0.15, 0.2) is 28.7 Å². The fourth-order valence-corrected chi connectivity index (χ4v) is 5.12. The van der Waals surface area contributed by atoms with Crippen LogP contribution in [0.25, 0.3) is 0 Å². The SMILES string of the molecule is CCOC(=O)C1C(=O)CC(C)c2cc(C3(CN4Cc5ccc(OC)cc5C4=O)NC(=O)NC3=O)oc21. The lowest BCUT2D eigenvalue weighted by atomic mass is 9.80. The monoisotopic (exact) mass is 495 g/mol. The van der Waals surface area contributed by atoms with Crippen LogP contribution >= 0.6 is 0 Å². The van der Waals surface area contributed by atoms with E-state index < -0.39 is 29.4 Å². The van der Waals surface area contributed by atoms with Crippen molar-refractivity contribution in [3.05, 3.63) is 52.5 Å². The van der Waals surface area contributed by atoms with Crippen molar-refractivity contribution in [2.24, 2.45) is 0 Å². The quantitative estimate of drug-likeness (QED) is 0.350. The molecule has 36 heavy (non-hydrogen) atoms. The Morgan fingerprint density at radius 3 is 2.67 bits per heavy atom. The number of ketones is 1. The summed E-state index contributed by atoms with van der Waals surface area (Å²) in [5.74, 6) is -2.99. The Morgan fingerprint density at radius 1 is 1.22 bits per heavy atom. The van der Waals surface area contributed by atoms with Gasteiger partial charge in [-0.25, -0.2) is 4.79 Å². The highest BCUT2D eigenvalue weighted by atomic mass is 16.5. The minimum Gasteiger partial charge on any atom is -0.497 e. The number of methoxy groups -OCH3 is 1. The molecule has 3 heterocycles. The van der Waals surface area contributed by atoms with Gasteiger partial charge in [0.1, 0.15) is 17.3 Å². The molecule has 1 fully saturated rings. The van der Waals surface area contributed by atoms with E-state index in [0.29, 0.717) is 16.9 Å². The van der Waals surface area contributed by atoms with Gasteiger partial charge in [0.25, 0.3) is 11.8 Å². The number of amides is 4. The molecule has 0 radical (unpaired) electrons. The van der Waals surface area contributed by atoms with E-state index in [9.17, 15) is 24.0 Å². The number of carbonyl (C=O) groups excluding carboxylic acids is 5. The molecule has 0 bridgehead atoms. The molecular weight excluding hydrogens is 470 g/mol. The Bertz CT molecular complexity index is 1310. The number of nitrogens with zero attached hydrogens (tertiary/aromatic N) is 1. The highest BCUT2D eigenvalue weighted by molar-refractivity contribution is 6.09. The second-order valence-electron chi connectivity index (χ2n) is 9.18. The van der Waals surface area contributed by atoms with Crippen molar-refractivity contribution >= 4 is 29.6 Å². The van der Waals surface area contributed by atoms with Crippen molar-refractivity contribution in [1.82, 2.24) is 15.5 Å². The van der Waals surface area contributed by atoms with E-state index in [4.69, 9.17) is 13.9 Å². The first-order valence-corrected chi connectivity index (χ1v) is 11.6. The molecule has 4 amide bonds. The first kappa shape index (κ1) is 23.6. The number of furan rings is 1. The molecule has 3 atom stereocenters. The molecule has 1 saturated heterocycles. The van der Waals surface area contributed by atoms with Crippen molar-refractivity contribution < 1.29 is 37.9 Å². The summed E-state index contributed by atoms with van der Waals surface area (Å²) in [6, 6.07) is 5.98. The molecule has 3 unspecified atom stereocenters. The van der Waals surface area contributed by atoms with Gasteiger partial charge in [-0.05, 0) is 42.2 Å². The largest absolute Gasteiger partial charge is 0.497 e. The van der Waals surface area contributed by atoms with Gasteiger partial charge in [-0.3, -0.25) is 24.5 Å². The molecule has 11 nitrogen and oxygen atoms in total. The summed E-state index contributed by atoms with van der Waals surface area (Å²) in [5.41, 5.74) is 0.0189. The number of esters is 1. The third-order valence-electron chi connectivity index (χ3n) is 6.92. The molecule has 5 rings (SSSR count). The van der Waals surface area contributed by atoms with Gasteiger partial charge < -0.3 is 24.1 Å². The standard InChI is InChI=1S/C25H25N3O8/c1-4-35-22(31)19-17(29)7-12(2)15-9-18(36-20(15)19)25(23(32)26-24(33)27-25)11-28-10-13-5-6-14(34-3)8-16(13)21(28)30/h5-6,8-9,12,19H,4,7,10-11H2,1-3H3,(H2,26,27,32,33). The summed E-state index contributed by atoms with van der Waals surface area (Å²) < 4.78 is 16.3. The van der Waals surface area contributed by atoms with Crippen LogP contribution in [-0.2, 0) is 31.2 Å². The minimum atomic E-state index is -1.75. The molecule has 0 spiro atoms. The van der Waals surface area contributed by atoms with Crippen LogP contribution in [0, 0.1) is 0 Å². The maximum Gasteiger partial charge on any atom is 0.324 e. The Kier molecular flexibility index (Phi) is 5.57. The molecule has 1 aromatic heterocycles. The molecule has 2 aromatic rings. The predicted molar refractivity (Wildman–Crippen MR) is 122 cm³/mol. The van der Waals surface area contributed by atoms with Gasteiger partial charge in [-0.1, -0.05) is 13.0 Å². The molecular formula is C25H25N3O8. The summed E-state index contributed by atoms with van der Waals surface area (Å²) in [6.45, 7) is 3.52. The van der Waals surface area contributed by atoms with Crippen LogP contribution in [0.1, 0.15) is 65.1 Å². The molecule has 11 heteroatoms. The Morgan fingerprint density at radius 2 is 2.00 bits per heavy atom. The van der Waals surface area contributed by atoms with Crippen molar-refractivity contribution in [2.75, 3.05) is 20.3 Å². The summed E-state index contributed by atoms with van der Waals surface area (Å²) in [7, 11) is 1.50. The number of fused-ring (bicyclic) bond motifs is 2. The van der Waals surface area contributed by atoms with Crippen LogP contribution in [-0.4, -0.2) is 54.8 Å².